The van der Waals surface area contributed by atoms with Gasteiger partial charge in [-0.1, -0.05) is 37.1 Å². The Morgan fingerprint density at radius 1 is 1.05 bits per heavy atom. The molecule has 21 heavy (non-hydrogen) atoms. The minimum atomic E-state index is -0.873. The zero-order valence-corrected chi connectivity index (χ0v) is 11.9. The number of benzene rings is 1. The summed E-state index contributed by atoms with van der Waals surface area (Å²) < 4.78 is 0. The van der Waals surface area contributed by atoms with Crippen LogP contribution >= 0.6 is 0 Å². The molecule has 2 rings (SSSR count). The smallest absolute Gasteiger partial charge is 0.307 e. The SMILES string of the molecule is O=C(O)[C@H]1CCCC[C@H]1C(=O)NCc1ccc(CO)cc1. The molecule has 0 unspecified atom stereocenters. The van der Waals surface area contributed by atoms with E-state index in [0.717, 1.165) is 24.0 Å². The standard InChI is InChI=1S/C16H21NO4/c18-10-12-7-5-11(6-8-12)9-17-15(19)13-3-1-2-4-14(13)16(20)21/h5-8,13-14,18H,1-4,9-10H2,(H,17,19)(H,20,21)/t13-,14+/m1/s1. The molecule has 114 valence electrons. The highest BCUT2D eigenvalue weighted by atomic mass is 16.4. The second-order valence-electron chi connectivity index (χ2n) is 5.53. The molecule has 1 aliphatic carbocycles. The number of carboxylic acid groups (broad SMARTS) is 1. The van der Waals surface area contributed by atoms with Crippen molar-refractivity contribution in [3.63, 3.8) is 0 Å². The minimum absolute atomic E-state index is 0.00496. The Labute approximate surface area is 124 Å². The van der Waals surface area contributed by atoms with E-state index in [-0.39, 0.29) is 12.5 Å². The Bertz CT molecular complexity index is 498. The normalized spacial score (nSPS) is 21.8. The predicted molar refractivity (Wildman–Crippen MR) is 77.3 cm³/mol. The fourth-order valence-electron chi connectivity index (χ4n) is 2.82. The summed E-state index contributed by atoms with van der Waals surface area (Å²) in [5.74, 6) is -2.03. The summed E-state index contributed by atoms with van der Waals surface area (Å²) in [7, 11) is 0. The molecule has 0 heterocycles. The summed E-state index contributed by atoms with van der Waals surface area (Å²) >= 11 is 0. The molecule has 0 bridgehead atoms. The average molecular weight is 291 g/mol. The number of hydrogen-bond acceptors (Lipinski definition) is 3. The number of hydrogen-bond donors (Lipinski definition) is 3. The van der Waals surface area contributed by atoms with E-state index in [0.29, 0.717) is 19.4 Å². The second-order valence-corrected chi connectivity index (χ2v) is 5.53. The van der Waals surface area contributed by atoms with Gasteiger partial charge in [0.15, 0.2) is 0 Å². The molecule has 0 saturated heterocycles. The van der Waals surface area contributed by atoms with E-state index < -0.39 is 17.8 Å². The van der Waals surface area contributed by atoms with Crippen molar-refractivity contribution in [2.45, 2.75) is 38.8 Å². The van der Waals surface area contributed by atoms with Crippen molar-refractivity contribution in [2.24, 2.45) is 11.8 Å². The maximum Gasteiger partial charge on any atom is 0.307 e. The first-order chi connectivity index (χ1) is 10.1. The number of aliphatic carboxylic acids is 1. The fraction of sp³-hybridized carbons (Fsp3) is 0.500. The first-order valence-corrected chi connectivity index (χ1v) is 7.31. The molecule has 5 nitrogen and oxygen atoms in total. The third kappa shape index (κ3) is 4.04. The highest BCUT2D eigenvalue weighted by molar-refractivity contribution is 5.84. The lowest BCUT2D eigenvalue weighted by molar-refractivity contribution is -0.148. The van der Waals surface area contributed by atoms with Gasteiger partial charge in [0.25, 0.3) is 0 Å². The number of nitrogens with one attached hydrogen (secondary N) is 1. The molecule has 1 aromatic rings. The van der Waals surface area contributed by atoms with Gasteiger partial charge in [-0.2, -0.15) is 0 Å². The van der Waals surface area contributed by atoms with Crippen LogP contribution < -0.4 is 5.32 Å². The number of carbonyl (C=O) groups is 2. The van der Waals surface area contributed by atoms with E-state index in [1.54, 1.807) is 0 Å². The zero-order valence-electron chi connectivity index (χ0n) is 11.9. The van der Waals surface area contributed by atoms with Crippen molar-refractivity contribution >= 4 is 11.9 Å². The minimum Gasteiger partial charge on any atom is -0.481 e. The van der Waals surface area contributed by atoms with E-state index in [9.17, 15) is 14.7 Å². The molecule has 1 saturated carbocycles. The molecule has 0 aromatic heterocycles. The number of aliphatic hydroxyl groups excluding tert-OH is 1. The first-order valence-electron chi connectivity index (χ1n) is 7.31. The molecule has 3 N–H and O–H groups in total. The average Bonchev–Trinajstić information content (AvgIpc) is 2.53. The number of carboxylic acids is 1. The van der Waals surface area contributed by atoms with E-state index in [2.05, 4.69) is 5.32 Å². The predicted octanol–water partition coefficient (Wildman–Crippen LogP) is 1.69. The van der Waals surface area contributed by atoms with E-state index >= 15 is 0 Å². The molecule has 2 atom stereocenters. The van der Waals surface area contributed by atoms with E-state index in [1.165, 1.54) is 0 Å². The summed E-state index contributed by atoms with van der Waals surface area (Å²) in [5.41, 5.74) is 1.76. The van der Waals surface area contributed by atoms with Crippen LogP contribution in [0.3, 0.4) is 0 Å². The van der Waals surface area contributed by atoms with Gasteiger partial charge in [0.2, 0.25) is 5.91 Å². The first kappa shape index (κ1) is 15.5. The largest absolute Gasteiger partial charge is 0.481 e. The van der Waals surface area contributed by atoms with Crippen molar-refractivity contribution in [3.05, 3.63) is 35.4 Å². The van der Waals surface area contributed by atoms with Crippen molar-refractivity contribution in [3.8, 4) is 0 Å². The van der Waals surface area contributed by atoms with Crippen LogP contribution in [0.5, 0.6) is 0 Å². The topological polar surface area (TPSA) is 86.6 Å². The fourth-order valence-corrected chi connectivity index (χ4v) is 2.82. The van der Waals surface area contributed by atoms with Gasteiger partial charge in [0, 0.05) is 6.54 Å². The highest BCUT2D eigenvalue weighted by Crippen LogP contribution is 2.30. The van der Waals surface area contributed by atoms with Gasteiger partial charge in [0.1, 0.15) is 0 Å². The maximum absolute atomic E-state index is 12.2. The summed E-state index contributed by atoms with van der Waals surface area (Å²) in [4.78, 5) is 23.4. The van der Waals surface area contributed by atoms with Crippen molar-refractivity contribution < 1.29 is 19.8 Å². The van der Waals surface area contributed by atoms with Crippen molar-refractivity contribution in [1.82, 2.24) is 5.32 Å². The number of amides is 1. The lowest BCUT2D eigenvalue weighted by atomic mass is 9.78. The van der Waals surface area contributed by atoms with Crippen molar-refractivity contribution in [2.75, 3.05) is 0 Å². The molecule has 0 aliphatic heterocycles. The molecule has 1 aliphatic rings. The third-order valence-electron chi connectivity index (χ3n) is 4.09. The number of carbonyl (C=O) groups excluding carboxylic acids is 1. The molecule has 1 aromatic carbocycles. The van der Waals surface area contributed by atoms with Gasteiger partial charge in [-0.05, 0) is 24.0 Å². The Morgan fingerprint density at radius 3 is 2.19 bits per heavy atom. The molecule has 1 amide bonds. The van der Waals surface area contributed by atoms with E-state index in [1.807, 2.05) is 24.3 Å². The highest BCUT2D eigenvalue weighted by Gasteiger charge is 2.35. The number of rotatable bonds is 5. The zero-order chi connectivity index (χ0) is 15.2. The molecule has 1 fully saturated rings. The Hall–Kier alpha value is -1.88. The number of aliphatic hydroxyl groups is 1. The lowest BCUT2D eigenvalue weighted by Crippen LogP contribution is -2.39. The van der Waals surface area contributed by atoms with Gasteiger partial charge in [-0.15, -0.1) is 0 Å². The quantitative estimate of drug-likeness (QED) is 0.770. The van der Waals surface area contributed by atoms with Gasteiger partial charge >= 0.3 is 5.97 Å². The van der Waals surface area contributed by atoms with Crippen LogP contribution in [-0.4, -0.2) is 22.1 Å². The van der Waals surface area contributed by atoms with Crippen LogP contribution in [-0.2, 0) is 22.7 Å². The van der Waals surface area contributed by atoms with Gasteiger partial charge < -0.3 is 15.5 Å². The summed E-state index contributed by atoms with van der Waals surface area (Å²) in [6, 6.07) is 7.31. The molecule has 5 heteroatoms. The van der Waals surface area contributed by atoms with Crippen LogP contribution in [0.15, 0.2) is 24.3 Å². The van der Waals surface area contributed by atoms with Crippen molar-refractivity contribution in [1.29, 1.82) is 0 Å². The molecule has 0 radical (unpaired) electrons. The van der Waals surface area contributed by atoms with Crippen LogP contribution in [0, 0.1) is 11.8 Å². The summed E-state index contributed by atoms with van der Waals surface area (Å²) in [6.45, 7) is 0.377. The van der Waals surface area contributed by atoms with E-state index in [4.69, 9.17) is 5.11 Å². The molecular formula is C16H21NO4. The van der Waals surface area contributed by atoms with Gasteiger partial charge in [-0.25, -0.2) is 0 Å². The second kappa shape index (κ2) is 7.22. The van der Waals surface area contributed by atoms with Crippen LogP contribution in [0.1, 0.15) is 36.8 Å². The Balaban J connectivity index is 1.91. The van der Waals surface area contributed by atoms with Crippen LogP contribution in [0.25, 0.3) is 0 Å². The van der Waals surface area contributed by atoms with Crippen LogP contribution in [0.4, 0.5) is 0 Å². The summed E-state index contributed by atoms with van der Waals surface area (Å²) in [5, 5.41) is 21.0. The third-order valence-corrected chi connectivity index (χ3v) is 4.09. The van der Waals surface area contributed by atoms with Gasteiger partial charge in [-0.3, -0.25) is 9.59 Å². The molecular weight excluding hydrogens is 270 g/mol. The monoisotopic (exact) mass is 291 g/mol. The van der Waals surface area contributed by atoms with Gasteiger partial charge in [0.05, 0.1) is 18.4 Å². The maximum atomic E-state index is 12.2. The summed E-state index contributed by atoms with van der Waals surface area (Å²) in [6.07, 6.45) is 3.02. The molecule has 0 spiro atoms. The van der Waals surface area contributed by atoms with Crippen LogP contribution in [0.2, 0.25) is 0 Å². The Kier molecular flexibility index (Phi) is 5.33. The Morgan fingerprint density at radius 2 is 1.62 bits per heavy atom. The lowest BCUT2D eigenvalue weighted by Gasteiger charge is -2.27.